The molecule has 3 aromatic rings. The summed E-state index contributed by atoms with van der Waals surface area (Å²) in [6, 6.07) is 15.2. The number of carbonyl (C=O) groups excluding carboxylic acids is 1. The molecule has 1 saturated heterocycles. The largest absolute Gasteiger partial charge is 0.416 e. The summed E-state index contributed by atoms with van der Waals surface area (Å²) in [5.41, 5.74) is 4.79. The van der Waals surface area contributed by atoms with Crippen molar-refractivity contribution >= 4 is 11.6 Å². The van der Waals surface area contributed by atoms with Crippen LogP contribution in [0.3, 0.4) is 0 Å². The number of nitrogens with one attached hydrogen (secondary N) is 2. The number of hydroxylamine groups is 1. The van der Waals surface area contributed by atoms with Crippen LogP contribution in [-0.4, -0.2) is 59.5 Å². The van der Waals surface area contributed by atoms with Gasteiger partial charge in [-0.25, -0.2) is 4.98 Å². The summed E-state index contributed by atoms with van der Waals surface area (Å²) in [6.07, 6.45) is -0.626. The minimum Gasteiger partial charge on any atom is -0.388 e. The average molecular weight is 578 g/mol. The number of likely N-dealkylation sites (N-methyl/N-ethyl adjacent to an activating group) is 1. The van der Waals surface area contributed by atoms with Crippen LogP contribution in [0.15, 0.2) is 60.8 Å². The summed E-state index contributed by atoms with van der Waals surface area (Å²) in [5, 5.41) is 2.62. The summed E-state index contributed by atoms with van der Waals surface area (Å²) in [4.78, 5) is 26.6. The first-order valence-corrected chi connectivity index (χ1v) is 14.2. The van der Waals surface area contributed by atoms with E-state index in [1.807, 2.05) is 11.0 Å². The predicted octanol–water partition coefficient (Wildman–Crippen LogP) is 4.86. The lowest BCUT2D eigenvalue weighted by atomic mass is 10.0. The molecule has 5 rings (SSSR count). The first-order valence-electron chi connectivity index (χ1n) is 14.2. The van der Waals surface area contributed by atoms with E-state index in [4.69, 9.17) is 4.84 Å². The number of halogens is 3. The molecule has 2 heterocycles. The number of hydrogen-bond donors (Lipinski definition) is 2. The van der Waals surface area contributed by atoms with Gasteiger partial charge in [-0.3, -0.25) is 9.69 Å². The SMILES string of the molecule is CCN1CCN(Cc2ccc(NC(=O)Cc3ccc(C#Cc4ccc(ONC5CC5)nc4)cc3)cc2C(F)(F)F)CC1. The van der Waals surface area contributed by atoms with Gasteiger partial charge in [0.1, 0.15) is 0 Å². The highest BCUT2D eigenvalue weighted by Gasteiger charge is 2.34. The Bertz CT molecular complexity index is 1420. The molecule has 2 aliphatic rings. The summed E-state index contributed by atoms with van der Waals surface area (Å²) in [5.74, 6) is 6.20. The van der Waals surface area contributed by atoms with Crippen LogP contribution in [0.4, 0.5) is 18.9 Å². The molecule has 1 aliphatic carbocycles. The zero-order chi connectivity index (χ0) is 29.5. The van der Waals surface area contributed by atoms with E-state index in [-0.39, 0.29) is 24.2 Å². The number of piperazine rings is 1. The zero-order valence-electron chi connectivity index (χ0n) is 23.5. The van der Waals surface area contributed by atoms with E-state index >= 15 is 0 Å². The first kappa shape index (κ1) is 29.6. The van der Waals surface area contributed by atoms with E-state index in [1.54, 1.807) is 42.6 Å². The normalized spacial score (nSPS) is 16.0. The lowest BCUT2D eigenvalue weighted by molar-refractivity contribution is -0.138. The van der Waals surface area contributed by atoms with Gasteiger partial charge in [0.25, 0.3) is 0 Å². The van der Waals surface area contributed by atoms with Crippen LogP contribution in [0.2, 0.25) is 0 Å². The predicted molar refractivity (Wildman–Crippen MR) is 155 cm³/mol. The van der Waals surface area contributed by atoms with E-state index in [9.17, 15) is 18.0 Å². The van der Waals surface area contributed by atoms with Crippen LogP contribution in [0.1, 0.15) is 47.6 Å². The summed E-state index contributed by atoms with van der Waals surface area (Å²) >= 11 is 0. The van der Waals surface area contributed by atoms with Crippen LogP contribution in [0, 0.1) is 11.8 Å². The number of hydrogen-bond acceptors (Lipinski definition) is 6. The molecule has 0 unspecified atom stereocenters. The minimum atomic E-state index is -4.52. The van der Waals surface area contributed by atoms with E-state index in [1.165, 1.54) is 6.07 Å². The number of benzene rings is 2. The van der Waals surface area contributed by atoms with Crippen molar-refractivity contribution in [2.45, 2.75) is 44.9 Å². The van der Waals surface area contributed by atoms with E-state index in [2.05, 4.69) is 39.4 Å². The molecule has 220 valence electrons. The van der Waals surface area contributed by atoms with Gasteiger partial charge in [0.15, 0.2) is 0 Å². The fourth-order valence-electron chi connectivity index (χ4n) is 4.66. The van der Waals surface area contributed by atoms with Gasteiger partial charge in [0.05, 0.1) is 12.0 Å². The molecule has 42 heavy (non-hydrogen) atoms. The molecular formula is C32H34F3N5O2. The molecule has 10 heteroatoms. The van der Waals surface area contributed by atoms with Crippen molar-refractivity contribution in [3.05, 3.63) is 88.6 Å². The smallest absolute Gasteiger partial charge is 0.388 e. The van der Waals surface area contributed by atoms with Gasteiger partial charge in [0, 0.05) is 67.8 Å². The maximum absolute atomic E-state index is 13.9. The second-order valence-corrected chi connectivity index (χ2v) is 10.6. The van der Waals surface area contributed by atoms with E-state index < -0.39 is 17.6 Å². The number of alkyl halides is 3. The van der Waals surface area contributed by atoms with Gasteiger partial charge >= 0.3 is 6.18 Å². The third-order valence-corrected chi connectivity index (χ3v) is 7.32. The Kier molecular flexibility index (Phi) is 9.42. The Morgan fingerprint density at radius 3 is 2.31 bits per heavy atom. The van der Waals surface area contributed by atoms with Gasteiger partial charge in [-0.15, -0.1) is 0 Å². The van der Waals surface area contributed by atoms with Gasteiger partial charge in [-0.1, -0.05) is 37.0 Å². The molecule has 1 aliphatic heterocycles. The number of pyridine rings is 1. The maximum atomic E-state index is 13.9. The monoisotopic (exact) mass is 577 g/mol. The van der Waals surface area contributed by atoms with E-state index in [0.29, 0.717) is 11.9 Å². The molecule has 2 aromatic carbocycles. The van der Waals surface area contributed by atoms with Crippen molar-refractivity contribution in [2.24, 2.45) is 0 Å². The van der Waals surface area contributed by atoms with Crippen LogP contribution in [-0.2, 0) is 23.9 Å². The average Bonchev–Trinajstić information content (AvgIpc) is 3.82. The molecule has 2 fully saturated rings. The Labute approximate surface area is 244 Å². The highest BCUT2D eigenvalue weighted by molar-refractivity contribution is 5.92. The molecule has 1 amide bonds. The Hall–Kier alpha value is -3.91. The van der Waals surface area contributed by atoms with Gasteiger partial charge in [-0.05, 0) is 60.8 Å². The van der Waals surface area contributed by atoms with Crippen molar-refractivity contribution in [2.75, 3.05) is 38.0 Å². The van der Waals surface area contributed by atoms with Crippen molar-refractivity contribution in [3.63, 3.8) is 0 Å². The van der Waals surface area contributed by atoms with Crippen molar-refractivity contribution in [1.29, 1.82) is 0 Å². The summed E-state index contributed by atoms with van der Waals surface area (Å²) in [6.45, 7) is 6.40. The van der Waals surface area contributed by atoms with Crippen molar-refractivity contribution in [1.82, 2.24) is 20.3 Å². The van der Waals surface area contributed by atoms with Crippen LogP contribution < -0.4 is 15.6 Å². The second-order valence-electron chi connectivity index (χ2n) is 10.6. The summed E-state index contributed by atoms with van der Waals surface area (Å²) in [7, 11) is 0. The van der Waals surface area contributed by atoms with Crippen LogP contribution in [0.5, 0.6) is 5.88 Å². The minimum absolute atomic E-state index is 0.0266. The fraction of sp³-hybridized carbons (Fsp3) is 0.375. The van der Waals surface area contributed by atoms with Gasteiger partial charge < -0.3 is 15.1 Å². The molecule has 0 spiro atoms. The number of rotatable bonds is 9. The fourth-order valence-corrected chi connectivity index (χ4v) is 4.66. The third kappa shape index (κ3) is 8.55. The first-order chi connectivity index (χ1) is 20.2. The van der Waals surface area contributed by atoms with Crippen molar-refractivity contribution in [3.8, 4) is 17.7 Å². The number of anilines is 1. The molecule has 2 N–H and O–H groups in total. The Morgan fingerprint density at radius 2 is 1.67 bits per heavy atom. The van der Waals surface area contributed by atoms with E-state index in [0.717, 1.165) is 68.3 Å². The van der Waals surface area contributed by atoms with Gasteiger partial charge in [0.2, 0.25) is 11.8 Å². The number of aromatic nitrogens is 1. The highest BCUT2D eigenvalue weighted by atomic mass is 19.4. The number of nitrogens with zero attached hydrogens (tertiary/aromatic N) is 3. The Balaban J connectivity index is 1.15. The third-order valence-electron chi connectivity index (χ3n) is 7.32. The topological polar surface area (TPSA) is 69.7 Å². The second kappa shape index (κ2) is 13.4. The van der Waals surface area contributed by atoms with Crippen molar-refractivity contribution < 1.29 is 22.8 Å². The van der Waals surface area contributed by atoms with Gasteiger partial charge in [-0.2, -0.15) is 18.7 Å². The highest BCUT2D eigenvalue weighted by Crippen LogP contribution is 2.34. The summed E-state index contributed by atoms with van der Waals surface area (Å²) < 4.78 is 41.7. The molecule has 0 radical (unpaired) electrons. The molecule has 1 saturated carbocycles. The lowest BCUT2D eigenvalue weighted by Crippen LogP contribution is -2.45. The Morgan fingerprint density at radius 1 is 0.976 bits per heavy atom. The molecule has 0 bridgehead atoms. The maximum Gasteiger partial charge on any atom is 0.416 e. The van der Waals surface area contributed by atoms with Crippen LogP contribution >= 0.6 is 0 Å². The molecular weight excluding hydrogens is 543 g/mol. The number of amides is 1. The quantitative estimate of drug-likeness (QED) is 0.280. The lowest BCUT2D eigenvalue weighted by Gasteiger charge is -2.34. The molecule has 0 atom stereocenters. The van der Waals surface area contributed by atoms with Crippen LogP contribution in [0.25, 0.3) is 0 Å². The zero-order valence-corrected chi connectivity index (χ0v) is 23.5. The molecule has 1 aromatic heterocycles. The standard InChI is InChI=1S/C32H34F3N5O2/c1-2-39-15-17-40(18-16-39)22-26-10-11-28(20-29(26)32(33,34)35)37-30(41)19-24-6-3-23(4-7-24)5-8-25-9-14-31(36-21-25)42-38-27-12-13-27/h3-4,6-7,9-11,14,20-21,27,38H,2,12-13,15-19,22H2,1H3,(H,37,41). The molecule has 7 nitrogen and oxygen atoms in total. The number of carbonyl (C=O) groups is 1.